The van der Waals surface area contributed by atoms with Gasteiger partial charge in [-0.3, -0.25) is 9.59 Å². The predicted octanol–water partition coefficient (Wildman–Crippen LogP) is 5.95. The third kappa shape index (κ3) is 11.8. The number of ether oxygens (including phenoxy) is 6. The molecule has 0 aromatic heterocycles. The van der Waals surface area contributed by atoms with Crippen molar-refractivity contribution in [1.29, 1.82) is 0 Å². The van der Waals surface area contributed by atoms with Crippen molar-refractivity contribution in [2.75, 3.05) is 20.7 Å². The van der Waals surface area contributed by atoms with Gasteiger partial charge in [0, 0.05) is 49.7 Å². The Morgan fingerprint density at radius 1 is 0.870 bits per heavy atom. The minimum Gasteiger partial charge on any atom is -0.462 e. The van der Waals surface area contributed by atoms with Gasteiger partial charge in [0.15, 0.2) is 20.9 Å². The molecular formula is C41H77NO11Si. The molecule has 0 spiro atoms. The fraction of sp³-hybridized carbons (Fsp3) is 0.951. The monoisotopic (exact) mass is 788 g/mol. The number of aliphatic hydroxyl groups is 2. The molecule has 0 aromatic carbocycles. The molecule has 12 nitrogen and oxygen atoms in total. The molecule has 3 fully saturated rings. The van der Waals surface area contributed by atoms with Crippen molar-refractivity contribution < 1.29 is 52.6 Å². The molecule has 0 amide bonds. The summed E-state index contributed by atoms with van der Waals surface area (Å²) in [5, 5.41) is 24.2. The summed E-state index contributed by atoms with van der Waals surface area (Å²) in [5.41, 5.74) is -2.15. The highest BCUT2D eigenvalue weighted by Gasteiger charge is 2.52. The van der Waals surface area contributed by atoms with Gasteiger partial charge in [0.05, 0.1) is 47.6 Å². The molecular weight excluding hydrogens is 711 g/mol. The van der Waals surface area contributed by atoms with Crippen LogP contribution in [0.25, 0.3) is 0 Å². The number of carbonyl (C=O) groups is 2. The summed E-state index contributed by atoms with van der Waals surface area (Å²) in [6, 6.07) is -0.0187. The van der Waals surface area contributed by atoms with Gasteiger partial charge in [0.2, 0.25) is 0 Å². The van der Waals surface area contributed by atoms with Crippen LogP contribution in [0.5, 0.6) is 0 Å². The minimum absolute atomic E-state index is 0.0187. The number of carbonyl (C=O) groups excluding carboxylic acids is 2. The molecule has 0 saturated carbocycles. The van der Waals surface area contributed by atoms with Crippen molar-refractivity contribution >= 4 is 20.1 Å². The Bertz CT molecular complexity index is 1220. The number of rotatable bonds is 10. The van der Waals surface area contributed by atoms with E-state index in [0.29, 0.717) is 19.3 Å². The van der Waals surface area contributed by atoms with E-state index in [4.69, 9.17) is 32.8 Å². The van der Waals surface area contributed by atoms with Crippen LogP contribution >= 0.6 is 0 Å². The number of hydrogen-bond acceptors (Lipinski definition) is 12. The summed E-state index contributed by atoms with van der Waals surface area (Å²) in [7, 11) is 1.60. The molecule has 3 aliphatic rings. The van der Waals surface area contributed by atoms with E-state index >= 15 is 0 Å². The van der Waals surface area contributed by atoms with E-state index < -0.39 is 98.2 Å². The summed E-state index contributed by atoms with van der Waals surface area (Å²) in [4.78, 5) is 30.5. The Kier molecular flexibility index (Phi) is 16.8. The SMILES string of the molecule is CC[C@@H]1OC(=O)[C@H](C)[C@@H](O[C@H]2C[C@@](C)(OC)C[C@H](C)O2)[C@H](C)[C@@H](O[C@@H]2O[C@H](C)C[C@H](N(C)CC)[C@H]2O[Si](C)(C)C)[C@](C)(O)C[C@@H](C)C(=O)[C@@H](C)[C@@H](O)[C@H]1C. The molecule has 0 unspecified atom stereocenters. The Balaban J connectivity index is 2.22. The van der Waals surface area contributed by atoms with Gasteiger partial charge in [-0.05, 0) is 87.1 Å². The molecule has 3 rings (SSSR count). The molecule has 0 radical (unpaired) electrons. The zero-order valence-corrected chi connectivity index (χ0v) is 37.4. The van der Waals surface area contributed by atoms with Gasteiger partial charge in [-0.1, -0.05) is 41.5 Å². The molecule has 0 aliphatic carbocycles. The maximum atomic E-state index is 14.2. The quantitative estimate of drug-likeness (QED) is 0.200. The summed E-state index contributed by atoms with van der Waals surface area (Å²) < 4.78 is 45.8. The summed E-state index contributed by atoms with van der Waals surface area (Å²) in [6.45, 7) is 27.9. The fourth-order valence-corrected chi connectivity index (χ4v) is 10.2. The van der Waals surface area contributed by atoms with E-state index in [2.05, 4.69) is 38.5 Å². The fourth-order valence-electron chi connectivity index (χ4n) is 9.09. The van der Waals surface area contributed by atoms with E-state index in [-0.39, 0.29) is 30.5 Å². The van der Waals surface area contributed by atoms with E-state index in [1.165, 1.54) is 0 Å². The number of ketones is 1. The highest BCUT2D eigenvalue weighted by atomic mass is 28.4. The van der Waals surface area contributed by atoms with Crippen LogP contribution in [0.1, 0.15) is 108 Å². The summed E-state index contributed by atoms with van der Waals surface area (Å²) in [5.74, 6) is -4.09. The number of methoxy groups -OCH3 is 1. The van der Waals surface area contributed by atoms with Crippen LogP contribution < -0.4 is 0 Å². The summed E-state index contributed by atoms with van der Waals surface area (Å²) >= 11 is 0. The highest BCUT2D eigenvalue weighted by molar-refractivity contribution is 6.69. The van der Waals surface area contributed by atoms with E-state index in [0.717, 1.165) is 13.0 Å². The smallest absolute Gasteiger partial charge is 0.311 e. The second kappa shape index (κ2) is 19.2. The average Bonchev–Trinajstić information content (AvgIpc) is 3.08. The minimum atomic E-state index is -2.15. The van der Waals surface area contributed by atoms with Gasteiger partial charge in [-0.25, -0.2) is 0 Å². The molecule has 0 aromatic rings. The molecule has 0 bridgehead atoms. The van der Waals surface area contributed by atoms with E-state index in [1.807, 2.05) is 41.5 Å². The summed E-state index contributed by atoms with van der Waals surface area (Å²) in [6.07, 6.45) is -3.69. The van der Waals surface area contributed by atoms with Gasteiger partial charge in [0.25, 0.3) is 0 Å². The largest absolute Gasteiger partial charge is 0.462 e. The first kappa shape index (κ1) is 47.4. The number of nitrogens with zero attached hydrogens (tertiary/aromatic N) is 1. The Morgan fingerprint density at radius 2 is 1.50 bits per heavy atom. The second-order valence-electron chi connectivity index (χ2n) is 18.5. The van der Waals surface area contributed by atoms with Gasteiger partial charge in [-0.15, -0.1) is 0 Å². The van der Waals surface area contributed by atoms with Crippen LogP contribution in [0.4, 0.5) is 0 Å². The van der Waals surface area contributed by atoms with Crippen molar-refractivity contribution in [1.82, 2.24) is 4.90 Å². The molecule has 54 heavy (non-hydrogen) atoms. The standard InChI is InChI=1S/C41H77NO11Si/c1-17-31-26(6)34(44)27(7)33(43)23(3)20-41(11,46)37(52-39-36(53-54(14,15)16)30(42(12)18-2)19-24(4)49-39)28(8)35(29(9)38(45)50-31)51-32-22-40(10,47-13)21-25(5)48-32/h23-32,34-37,39,44,46H,17-22H2,1-16H3/t23-,24-,25+,26+,27-,28+,29-,30+,31+,32+,34+,35+,36-,37-,39+,40+,41-/m1/s1. The van der Waals surface area contributed by atoms with Crippen molar-refractivity contribution in [3.05, 3.63) is 0 Å². The lowest BCUT2D eigenvalue weighted by Gasteiger charge is -2.50. The second-order valence-corrected chi connectivity index (χ2v) is 23.0. The van der Waals surface area contributed by atoms with Crippen LogP contribution in [0.15, 0.2) is 0 Å². The Labute approximate surface area is 327 Å². The molecule has 3 saturated heterocycles. The number of aliphatic hydroxyl groups excluding tert-OH is 1. The molecule has 2 N–H and O–H groups in total. The normalized spacial score (nSPS) is 45.2. The van der Waals surface area contributed by atoms with Crippen LogP contribution in [0, 0.1) is 29.6 Å². The van der Waals surface area contributed by atoms with Crippen LogP contribution in [-0.2, 0) is 42.4 Å². The number of Topliss-reactive ketones (excluding diaryl/α,β-unsaturated/α-hetero) is 1. The van der Waals surface area contributed by atoms with Crippen molar-refractivity contribution in [2.45, 2.75) is 200 Å². The van der Waals surface area contributed by atoms with Crippen molar-refractivity contribution in [2.24, 2.45) is 29.6 Å². The van der Waals surface area contributed by atoms with Gasteiger partial charge in [0.1, 0.15) is 18.0 Å². The molecule has 316 valence electrons. The van der Waals surface area contributed by atoms with Gasteiger partial charge < -0.3 is 48.0 Å². The number of cyclic esters (lactones) is 1. The number of likely N-dealkylation sites (N-methyl/N-ethyl adjacent to an activating group) is 1. The average molecular weight is 788 g/mol. The van der Waals surface area contributed by atoms with Crippen LogP contribution in [0.3, 0.4) is 0 Å². The third-order valence-corrected chi connectivity index (χ3v) is 13.3. The van der Waals surface area contributed by atoms with E-state index in [9.17, 15) is 19.8 Å². The number of esters is 1. The maximum absolute atomic E-state index is 14.2. The first-order valence-corrected chi connectivity index (χ1v) is 24.0. The Hall–Kier alpha value is -1.00. The molecule has 13 heteroatoms. The zero-order chi connectivity index (χ0) is 41.1. The lowest BCUT2D eigenvalue weighted by molar-refractivity contribution is -0.308. The topological polar surface area (TPSA) is 142 Å². The van der Waals surface area contributed by atoms with Crippen LogP contribution in [-0.4, -0.2) is 128 Å². The lowest BCUT2D eigenvalue weighted by atomic mass is 9.74. The predicted molar refractivity (Wildman–Crippen MR) is 210 cm³/mol. The van der Waals surface area contributed by atoms with Gasteiger partial charge in [-0.2, -0.15) is 0 Å². The molecule has 3 aliphatic heterocycles. The van der Waals surface area contributed by atoms with Gasteiger partial charge >= 0.3 is 5.97 Å². The van der Waals surface area contributed by atoms with E-state index in [1.54, 1.807) is 34.8 Å². The van der Waals surface area contributed by atoms with Crippen molar-refractivity contribution in [3.63, 3.8) is 0 Å². The van der Waals surface area contributed by atoms with Crippen LogP contribution in [0.2, 0.25) is 19.6 Å². The molecule has 17 atom stereocenters. The maximum Gasteiger partial charge on any atom is 0.311 e. The highest BCUT2D eigenvalue weighted by Crippen LogP contribution is 2.41. The zero-order valence-electron chi connectivity index (χ0n) is 36.4. The molecule has 3 heterocycles. The lowest BCUT2D eigenvalue weighted by Crippen LogP contribution is -2.62. The number of hydrogen-bond donors (Lipinski definition) is 2. The first-order valence-electron chi connectivity index (χ1n) is 20.6. The first-order chi connectivity index (χ1) is 24.9. The Morgan fingerprint density at radius 3 is 2.06 bits per heavy atom. The third-order valence-electron chi connectivity index (χ3n) is 12.4. The van der Waals surface area contributed by atoms with Crippen molar-refractivity contribution in [3.8, 4) is 0 Å².